The molecule has 0 fully saturated rings. The second-order valence-electron chi connectivity index (χ2n) is 5.89. The van der Waals surface area contributed by atoms with Gasteiger partial charge >= 0.3 is 0 Å². The van der Waals surface area contributed by atoms with Crippen LogP contribution in [-0.4, -0.2) is 45.6 Å². The number of anilines is 1. The summed E-state index contributed by atoms with van der Waals surface area (Å²) < 4.78 is 31.1. The molecule has 6 nitrogen and oxygen atoms in total. The Morgan fingerprint density at radius 1 is 1.18 bits per heavy atom. The number of ether oxygens (including phenoxy) is 1. The summed E-state index contributed by atoms with van der Waals surface area (Å²) in [7, 11) is 0.524. The number of nitrogens with zero attached hydrogens (tertiary/aromatic N) is 1. The molecule has 0 bridgehead atoms. The molecule has 0 aromatic heterocycles. The zero-order valence-electron chi connectivity index (χ0n) is 15.5. The van der Waals surface area contributed by atoms with Crippen molar-refractivity contribution in [2.24, 2.45) is 0 Å². The number of carbonyl (C=O) groups is 1. The summed E-state index contributed by atoms with van der Waals surface area (Å²) >= 11 is 13.6. The van der Waals surface area contributed by atoms with Gasteiger partial charge in [0.15, 0.2) is 0 Å². The van der Waals surface area contributed by atoms with Crippen LogP contribution in [0.3, 0.4) is 0 Å². The van der Waals surface area contributed by atoms with E-state index in [4.69, 9.17) is 27.9 Å². The Kier molecular flexibility index (Phi) is 8.03. The minimum Gasteiger partial charge on any atom is -0.495 e. The number of nitrogens with one attached hydrogen (secondary N) is 1. The van der Waals surface area contributed by atoms with Crippen molar-refractivity contribution in [3.05, 3.63) is 52.0 Å². The van der Waals surface area contributed by atoms with Gasteiger partial charge in [-0.3, -0.25) is 4.79 Å². The van der Waals surface area contributed by atoms with Crippen molar-refractivity contribution >= 4 is 56.6 Å². The highest BCUT2D eigenvalue weighted by atomic mass is 35.5. The van der Waals surface area contributed by atoms with Crippen LogP contribution in [0.4, 0.5) is 5.69 Å². The van der Waals surface area contributed by atoms with Crippen LogP contribution in [0.15, 0.2) is 41.3 Å². The standard InChI is InChI=1S/C18H20Cl2N2O4S2/c1-22(2)28(24,25)17-9-12(7-8-16(17)26-3)21-18(23)11-27-10-13-14(19)5-4-6-15(13)20/h4-9H,10-11H2,1-3H3,(H,21,23). The Bertz CT molecular complexity index is 946. The molecule has 0 saturated heterocycles. The maximum atomic E-state index is 12.4. The maximum absolute atomic E-state index is 12.4. The lowest BCUT2D eigenvalue weighted by Crippen LogP contribution is -2.23. The Hall–Kier alpha value is -1.45. The zero-order chi connectivity index (χ0) is 20.9. The summed E-state index contributed by atoms with van der Waals surface area (Å²) in [6.45, 7) is 0. The molecule has 0 unspecified atom stereocenters. The number of sulfonamides is 1. The van der Waals surface area contributed by atoms with Crippen LogP contribution in [0.5, 0.6) is 5.75 Å². The van der Waals surface area contributed by atoms with Gasteiger partial charge in [0.1, 0.15) is 10.6 Å². The number of methoxy groups -OCH3 is 1. The predicted molar refractivity (Wildman–Crippen MR) is 115 cm³/mol. The second-order valence-corrected chi connectivity index (χ2v) is 9.81. The third-order valence-electron chi connectivity index (χ3n) is 3.75. The lowest BCUT2D eigenvalue weighted by atomic mass is 10.2. The molecule has 0 atom stereocenters. The Morgan fingerprint density at radius 2 is 1.82 bits per heavy atom. The van der Waals surface area contributed by atoms with Crippen molar-refractivity contribution in [3.63, 3.8) is 0 Å². The van der Waals surface area contributed by atoms with Crippen LogP contribution in [0, 0.1) is 0 Å². The van der Waals surface area contributed by atoms with Gasteiger partial charge in [0.05, 0.1) is 12.9 Å². The Balaban J connectivity index is 2.06. The van der Waals surface area contributed by atoms with E-state index in [0.29, 0.717) is 21.5 Å². The normalized spacial score (nSPS) is 11.5. The highest BCUT2D eigenvalue weighted by Gasteiger charge is 2.23. The SMILES string of the molecule is COc1ccc(NC(=O)CSCc2c(Cl)cccc2Cl)cc1S(=O)(=O)N(C)C. The van der Waals surface area contributed by atoms with E-state index in [2.05, 4.69) is 5.32 Å². The number of amides is 1. The molecule has 0 aliphatic carbocycles. The fourth-order valence-electron chi connectivity index (χ4n) is 2.27. The molecule has 0 aliphatic rings. The Morgan fingerprint density at radius 3 is 2.39 bits per heavy atom. The van der Waals surface area contributed by atoms with E-state index in [1.54, 1.807) is 24.3 Å². The summed E-state index contributed by atoms with van der Waals surface area (Å²) in [4.78, 5) is 12.2. The zero-order valence-corrected chi connectivity index (χ0v) is 18.7. The molecule has 0 saturated carbocycles. The summed E-state index contributed by atoms with van der Waals surface area (Å²) in [5.41, 5.74) is 1.13. The van der Waals surface area contributed by atoms with E-state index in [1.165, 1.54) is 45.1 Å². The molecule has 0 spiro atoms. The lowest BCUT2D eigenvalue weighted by molar-refractivity contribution is -0.113. The average Bonchev–Trinajstić information content (AvgIpc) is 2.64. The highest BCUT2D eigenvalue weighted by molar-refractivity contribution is 7.99. The number of benzene rings is 2. The van der Waals surface area contributed by atoms with E-state index >= 15 is 0 Å². The number of halogens is 2. The molecule has 28 heavy (non-hydrogen) atoms. The van der Waals surface area contributed by atoms with E-state index in [-0.39, 0.29) is 22.3 Å². The van der Waals surface area contributed by atoms with Crippen LogP contribution in [-0.2, 0) is 20.6 Å². The van der Waals surface area contributed by atoms with Crippen LogP contribution >= 0.6 is 35.0 Å². The summed E-state index contributed by atoms with van der Waals surface area (Å²) in [6.07, 6.45) is 0. The summed E-state index contributed by atoms with van der Waals surface area (Å²) in [5, 5.41) is 3.80. The van der Waals surface area contributed by atoms with Crippen molar-refractivity contribution in [3.8, 4) is 5.75 Å². The van der Waals surface area contributed by atoms with Gasteiger partial charge in [-0.05, 0) is 35.9 Å². The average molecular weight is 463 g/mol. The van der Waals surface area contributed by atoms with Gasteiger partial charge in [0, 0.05) is 35.6 Å². The van der Waals surface area contributed by atoms with Gasteiger partial charge in [-0.1, -0.05) is 29.3 Å². The van der Waals surface area contributed by atoms with Gasteiger partial charge in [0.25, 0.3) is 0 Å². The molecule has 0 radical (unpaired) electrons. The van der Waals surface area contributed by atoms with Crippen molar-refractivity contribution in [2.45, 2.75) is 10.6 Å². The van der Waals surface area contributed by atoms with Gasteiger partial charge in [0.2, 0.25) is 15.9 Å². The fraction of sp³-hybridized carbons (Fsp3) is 0.278. The van der Waals surface area contributed by atoms with Crippen LogP contribution < -0.4 is 10.1 Å². The first-order valence-electron chi connectivity index (χ1n) is 8.08. The van der Waals surface area contributed by atoms with E-state index in [0.717, 1.165) is 9.87 Å². The number of rotatable bonds is 8. The van der Waals surface area contributed by atoms with E-state index in [9.17, 15) is 13.2 Å². The number of hydrogen-bond donors (Lipinski definition) is 1. The number of carbonyl (C=O) groups excluding carboxylic acids is 1. The van der Waals surface area contributed by atoms with Crippen LogP contribution in [0.2, 0.25) is 10.0 Å². The fourth-order valence-corrected chi connectivity index (χ4v) is 4.91. The molecule has 0 heterocycles. The summed E-state index contributed by atoms with van der Waals surface area (Å²) in [6, 6.07) is 9.71. The highest BCUT2D eigenvalue weighted by Crippen LogP contribution is 2.30. The smallest absolute Gasteiger partial charge is 0.246 e. The third-order valence-corrected chi connectivity index (χ3v) is 7.25. The number of thioether (sulfide) groups is 1. The van der Waals surface area contributed by atoms with Gasteiger partial charge < -0.3 is 10.1 Å². The van der Waals surface area contributed by atoms with Crippen LogP contribution in [0.1, 0.15) is 5.56 Å². The molecule has 2 rings (SSSR count). The van der Waals surface area contributed by atoms with Crippen LogP contribution in [0.25, 0.3) is 0 Å². The molecule has 152 valence electrons. The first kappa shape index (κ1) is 22.8. The van der Waals surface area contributed by atoms with Crippen molar-refractivity contribution in [2.75, 3.05) is 32.3 Å². The molecule has 2 aromatic carbocycles. The minimum absolute atomic E-state index is 0.0201. The first-order valence-corrected chi connectivity index (χ1v) is 11.4. The Labute approximate surface area is 179 Å². The minimum atomic E-state index is -3.72. The second kappa shape index (κ2) is 9.84. The monoisotopic (exact) mass is 462 g/mol. The van der Waals surface area contributed by atoms with Crippen molar-refractivity contribution in [1.29, 1.82) is 0 Å². The molecular weight excluding hydrogens is 443 g/mol. The number of hydrogen-bond acceptors (Lipinski definition) is 5. The van der Waals surface area contributed by atoms with E-state index in [1.807, 2.05) is 0 Å². The predicted octanol–water partition coefficient (Wildman–Crippen LogP) is 4.12. The molecular formula is C18H20Cl2N2O4S2. The van der Waals surface area contributed by atoms with Crippen molar-refractivity contribution < 1.29 is 17.9 Å². The molecule has 10 heteroatoms. The first-order chi connectivity index (χ1) is 13.2. The van der Waals surface area contributed by atoms with Gasteiger partial charge in [-0.15, -0.1) is 11.8 Å². The maximum Gasteiger partial charge on any atom is 0.246 e. The molecule has 0 aliphatic heterocycles. The van der Waals surface area contributed by atoms with Gasteiger partial charge in [-0.2, -0.15) is 0 Å². The van der Waals surface area contributed by atoms with E-state index < -0.39 is 10.0 Å². The van der Waals surface area contributed by atoms with Crippen molar-refractivity contribution in [1.82, 2.24) is 4.31 Å². The quantitative estimate of drug-likeness (QED) is 0.638. The third kappa shape index (κ3) is 5.55. The largest absolute Gasteiger partial charge is 0.495 e. The lowest BCUT2D eigenvalue weighted by Gasteiger charge is -2.16. The molecule has 1 N–H and O–H groups in total. The molecule has 2 aromatic rings. The van der Waals surface area contributed by atoms with Gasteiger partial charge in [-0.25, -0.2) is 12.7 Å². The summed E-state index contributed by atoms with van der Waals surface area (Å²) in [5.74, 6) is 0.569. The molecule has 1 amide bonds. The topological polar surface area (TPSA) is 75.7 Å².